The van der Waals surface area contributed by atoms with Crippen molar-refractivity contribution in [1.82, 2.24) is 0 Å². The molecule has 1 atom stereocenters. The fourth-order valence-corrected chi connectivity index (χ4v) is 2.20. The molecule has 0 radical (unpaired) electrons. The molecule has 2 aromatic rings. The lowest BCUT2D eigenvalue weighted by Gasteiger charge is -2.12. The number of aryl methyl sites for hydroxylation is 2. The van der Waals surface area contributed by atoms with Crippen molar-refractivity contribution in [1.29, 1.82) is 0 Å². The number of halogens is 2. The van der Waals surface area contributed by atoms with Gasteiger partial charge in [-0.05, 0) is 43.4 Å². The molecular weight excluding hydrogens is 256 g/mol. The molecular formula is C17H19F2N. The normalized spacial score (nSPS) is 12.4. The molecule has 0 bridgehead atoms. The van der Waals surface area contributed by atoms with Crippen LogP contribution in [-0.2, 0) is 12.8 Å². The van der Waals surface area contributed by atoms with Crippen LogP contribution < -0.4 is 5.73 Å². The van der Waals surface area contributed by atoms with Crippen molar-refractivity contribution >= 4 is 0 Å². The maximum absolute atomic E-state index is 13.5. The van der Waals surface area contributed by atoms with Crippen LogP contribution in [0.25, 0.3) is 0 Å². The molecule has 0 aliphatic carbocycles. The van der Waals surface area contributed by atoms with E-state index < -0.39 is 11.6 Å². The first-order valence-electron chi connectivity index (χ1n) is 6.80. The van der Waals surface area contributed by atoms with Gasteiger partial charge >= 0.3 is 0 Å². The Balaban J connectivity index is 1.91. The number of benzene rings is 2. The van der Waals surface area contributed by atoms with Crippen molar-refractivity contribution < 1.29 is 8.78 Å². The van der Waals surface area contributed by atoms with E-state index in [4.69, 9.17) is 5.73 Å². The number of hydrogen-bond donors (Lipinski definition) is 1. The molecule has 0 aromatic heterocycles. The smallest absolute Gasteiger partial charge is 0.162 e. The fraction of sp³-hybridized carbons (Fsp3) is 0.294. The summed E-state index contributed by atoms with van der Waals surface area (Å²) in [6.07, 6.45) is 1.95. The average Bonchev–Trinajstić information content (AvgIpc) is 2.43. The molecule has 2 rings (SSSR count). The topological polar surface area (TPSA) is 26.0 Å². The fourth-order valence-electron chi connectivity index (χ4n) is 2.20. The second-order valence-corrected chi connectivity index (χ2v) is 5.20. The SMILES string of the molecule is Cc1ccc(CCC(N)Cc2cccc(F)c2F)cc1. The average molecular weight is 275 g/mol. The van der Waals surface area contributed by atoms with E-state index in [2.05, 4.69) is 24.3 Å². The van der Waals surface area contributed by atoms with Crippen molar-refractivity contribution in [2.75, 3.05) is 0 Å². The standard InChI is InChI=1S/C17H19F2N/c1-12-5-7-13(8-6-12)9-10-15(20)11-14-3-2-4-16(18)17(14)19/h2-8,15H,9-11,20H2,1H3. The first-order valence-corrected chi connectivity index (χ1v) is 6.80. The molecule has 0 aliphatic heterocycles. The summed E-state index contributed by atoms with van der Waals surface area (Å²) in [5.41, 5.74) is 8.80. The zero-order valence-electron chi connectivity index (χ0n) is 11.6. The Kier molecular flexibility index (Phi) is 4.85. The number of rotatable bonds is 5. The van der Waals surface area contributed by atoms with Crippen LogP contribution >= 0.6 is 0 Å². The molecule has 0 spiro atoms. The van der Waals surface area contributed by atoms with E-state index in [9.17, 15) is 8.78 Å². The van der Waals surface area contributed by atoms with Crippen LogP contribution in [0.4, 0.5) is 8.78 Å². The van der Waals surface area contributed by atoms with E-state index in [0.717, 1.165) is 18.9 Å². The van der Waals surface area contributed by atoms with Gasteiger partial charge in [0.1, 0.15) is 0 Å². The van der Waals surface area contributed by atoms with Gasteiger partial charge in [0.2, 0.25) is 0 Å². The zero-order valence-corrected chi connectivity index (χ0v) is 11.6. The van der Waals surface area contributed by atoms with Gasteiger partial charge in [-0.15, -0.1) is 0 Å². The lowest BCUT2D eigenvalue weighted by molar-refractivity contribution is 0.490. The highest BCUT2D eigenvalue weighted by Gasteiger charge is 2.11. The van der Waals surface area contributed by atoms with E-state index in [-0.39, 0.29) is 6.04 Å². The molecule has 3 heteroatoms. The Morgan fingerprint density at radius 3 is 2.45 bits per heavy atom. The lowest BCUT2D eigenvalue weighted by atomic mass is 9.99. The van der Waals surface area contributed by atoms with Crippen LogP contribution in [0, 0.1) is 18.6 Å². The van der Waals surface area contributed by atoms with Gasteiger partial charge in [0.05, 0.1) is 0 Å². The minimum absolute atomic E-state index is 0.174. The molecule has 2 aromatic carbocycles. The minimum atomic E-state index is -0.812. The van der Waals surface area contributed by atoms with Crippen LogP contribution in [-0.4, -0.2) is 6.04 Å². The molecule has 0 saturated heterocycles. The van der Waals surface area contributed by atoms with Crippen molar-refractivity contribution in [3.8, 4) is 0 Å². The van der Waals surface area contributed by atoms with Crippen LogP contribution in [0.15, 0.2) is 42.5 Å². The van der Waals surface area contributed by atoms with Crippen molar-refractivity contribution in [3.63, 3.8) is 0 Å². The van der Waals surface area contributed by atoms with Crippen LogP contribution in [0.2, 0.25) is 0 Å². The summed E-state index contributed by atoms with van der Waals surface area (Å²) in [4.78, 5) is 0. The molecule has 1 nitrogen and oxygen atoms in total. The largest absolute Gasteiger partial charge is 0.327 e. The Hall–Kier alpha value is -1.74. The summed E-state index contributed by atoms with van der Waals surface area (Å²) in [6, 6.07) is 12.3. The third kappa shape index (κ3) is 3.87. The monoisotopic (exact) mass is 275 g/mol. The van der Waals surface area contributed by atoms with E-state index in [1.165, 1.54) is 17.2 Å². The summed E-state index contributed by atoms with van der Waals surface area (Å²) >= 11 is 0. The van der Waals surface area contributed by atoms with E-state index in [0.29, 0.717) is 12.0 Å². The molecule has 0 heterocycles. The number of hydrogen-bond acceptors (Lipinski definition) is 1. The zero-order chi connectivity index (χ0) is 14.5. The Bertz CT molecular complexity index is 564. The Morgan fingerprint density at radius 1 is 1.05 bits per heavy atom. The summed E-state index contributed by atoms with van der Waals surface area (Å²) in [6.45, 7) is 2.04. The van der Waals surface area contributed by atoms with E-state index in [1.807, 2.05) is 6.92 Å². The molecule has 1 unspecified atom stereocenters. The highest BCUT2D eigenvalue weighted by atomic mass is 19.2. The first kappa shape index (κ1) is 14.7. The van der Waals surface area contributed by atoms with Crippen molar-refractivity contribution in [3.05, 3.63) is 70.8 Å². The lowest BCUT2D eigenvalue weighted by Crippen LogP contribution is -2.24. The van der Waals surface area contributed by atoms with Gasteiger partial charge in [0.15, 0.2) is 11.6 Å². The van der Waals surface area contributed by atoms with E-state index in [1.54, 1.807) is 6.07 Å². The Labute approximate surface area is 118 Å². The molecule has 0 fully saturated rings. The van der Waals surface area contributed by atoms with Gasteiger partial charge in [0, 0.05) is 6.04 Å². The van der Waals surface area contributed by atoms with E-state index >= 15 is 0 Å². The second-order valence-electron chi connectivity index (χ2n) is 5.20. The molecule has 0 amide bonds. The molecule has 2 N–H and O–H groups in total. The van der Waals surface area contributed by atoms with Gasteiger partial charge in [-0.2, -0.15) is 0 Å². The number of nitrogens with two attached hydrogens (primary N) is 1. The van der Waals surface area contributed by atoms with Gasteiger partial charge in [0.25, 0.3) is 0 Å². The second kappa shape index (κ2) is 6.62. The summed E-state index contributed by atoms with van der Waals surface area (Å²) in [5, 5.41) is 0. The summed E-state index contributed by atoms with van der Waals surface area (Å²) in [5.74, 6) is -1.59. The quantitative estimate of drug-likeness (QED) is 0.883. The third-order valence-electron chi connectivity index (χ3n) is 3.44. The predicted molar refractivity (Wildman–Crippen MR) is 77.5 cm³/mol. The highest BCUT2D eigenvalue weighted by Crippen LogP contribution is 2.15. The molecule has 0 aliphatic rings. The Morgan fingerprint density at radius 2 is 1.75 bits per heavy atom. The summed E-state index contributed by atoms with van der Waals surface area (Å²) in [7, 11) is 0. The van der Waals surface area contributed by atoms with Gasteiger partial charge in [-0.3, -0.25) is 0 Å². The maximum Gasteiger partial charge on any atom is 0.162 e. The molecule has 20 heavy (non-hydrogen) atoms. The van der Waals surface area contributed by atoms with Gasteiger partial charge < -0.3 is 5.73 Å². The van der Waals surface area contributed by atoms with Crippen LogP contribution in [0.1, 0.15) is 23.1 Å². The van der Waals surface area contributed by atoms with Crippen molar-refractivity contribution in [2.24, 2.45) is 5.73 Å². The van der Waals surface area contributed by atoms with Gasteiger partial charge in [-0.1, -0.05) is 42.0 Å². The van der Waals surface area contributed by atoms with Gasteiger partial charge in [-0.25, -0.2) is 8.78 Å². The summed E-state index contributed by atoms with van der Waals surface area (Å²) < 4.78 is 26.6. The molecule has 106 valence electrons. The van der Waals surface area contributed by atoms with Crippen LogP contribution in [0.5, 0.6) is 0 Å². The van der Waals surface area contributed by atoms with Crippen LogP contribution in [0.3, 0.4) is 0 Å². The molecule has 0 saturated carbocycles. The van der Waals surface area contributed by atoms with Crippen molar-refractivity contribution in [2.45, 2.75) is 32.2 Å². The maximum atomic E-state index is 13.5. The highest BCUT2D eigenvalue weighted by molar-refractivity contribution is 5.22. The predicted octanol–water partition coefficient (Wildman–Crippen LogP) is 3.78. The third-order valence-corrected chi connectivity index (χ3v) is 3.44. The first-order chi connectivity index (χ1) is 9.56. The minimum Gasteiger partial charge on any atom is -0.327 e.